The minimum absolute atomic E-state index is 0.0473. The average Bonchev–Trinajstić information content (AvgIpc) is 2.82. The summed E-state index contributed by atoms with van der Waals surface area (Å²) in [4.78, 5) is 17.4. The van der Waals surface area contributed by atoms with Crippen LogP contribution in [0.4, 0.5) is 8.78 Å². The molecule has 0 N–H and O–H groups in total. The standard InChI is InChI=1S/C25H17Cl2F2NO3S/c1-32-25(31)22-23(33-12-15-17(26)7-4-9-19(15)28)14-6-2-3-11-21(14)30-24(22)34-13-16-18(27)8-5-10-20(16)29/h2-11H,12-13H2,1H3. The molecule has 0 amide bonds. The number of methoxy groups -OCH3 is 1. The molecule has 0 aliphatic heterocycles. The number of thioether (sulfide) groups is 1. The van der Waals surface area contributed by atoms with E-state index < -0.39 is 17.6 Å². The van der Waals surface area contributed by atoms with Crippen molar-refractivity contribution in [1.29, 1.82) is 0 Å². The van der Waals surface area contributed by atoms with Gasteiger partial charge in [-0.3, -0.25) is 0 Å². The lowest BCUT2D eigenvalue weighted by Crippen LogP contribution is -2.10. The number of para-hydroxylation sites is 1. The molecule has 9 heteroatoms. The Morgan fingerprint density at radius 3 is 2.24 bits per heavy atom. The second-order valence-corrected chi connectivity index (χ2v) is 8.89. The molecule has 4 aromatic rings. The number of carbonyl (C=O) groups excluding carboxylic acids is 1. The van der Waals surface area contributed by atoms with Crippen LogP contribution in [0.5, 0.6) is 5.75 Å². The lowest BCUT2D eigenvalue weighted by Gasteiger charge is -2.17. The first kappa shape index (κ1) is 24.3. The van der Waals surface area contributed by atoms with Gasteiger partial charge in [0, 0.05) is 27.3 Å². The molecule has 1 heterocycles. The Morgan fingerprint density at radius 1 is 0.941 bits per heavy atom. The van der Waals surface area contributed by atoms with E-state index in [9.17, 15) is 13.6 Å². The molecule has 1 aromatic heterocycles. The summed E-state index contributed by atoms with van der Waals surface area (Å²) in [6.07, 6.45) is 0. The van der Waals surface area contributed by atoms with Gasteiger partial charge in [0.05, 0.1) is 17.6 Å². The van der Waals surface area contributed by atoms with E-state index in [1.165, 1.54) is 31.4 Å². The van der Waals surface area contributed by atoms with Crippen molar-refractivity contribution in [3.05, 3.63) is 99.0 Å². The highest BCUT2D eigenvalue weighted by molar-refractivity contribution is 7.98. The fourth-order valence-corrected chi connectivity index (χ4v) is 4.91. The summed E-state index contributed by atoms with van der Waals surface area (Å²) in [6.45, 7) is -0.229. The lowest BCUT2D eigenvalue weighted by molar-refractivity contribution is 0.0590. The SMILES string of the molecule is COC(=O)c1c(SCc2c(F)cccc2Cl)nc2ccccc2c1OCc1c(F)cccc1Cl. The van der Waals surface area contributed by atoms with Gasteiger partial charge in [0.25, 0.3) is 0 Å². The summed E-state index contributed by atoms with van der Waals surface area (Å²) in [5.74, 6) is -1.42. The van der Waals surface area contributed by atoms with E-state index in [0.717, 1.165) is 11.8 Å². The van der Waals surface area contributed by atoms with Gasteiger partial charge < -0.3 is 9.47 Å². The molecule has 0 bridgehead atoms. The van der Waals surface area contributed by atoms with Crippen molar-refractivity contribution in [3.63, 3.8) is 0 Å². The Kier molecular flexibility index (Phi) is 7.56. The molecule has 174 valence electrons. The second kappa shape index (κ2) is 10.6. The summed E-state index contributed by atoms with van der Waals surface area (Å²) < 4.78 is 39.6. The Bertz CT molecular complexity index is 1340. The van der Waals surface area contributed by atoms with Crippen LogP contribution in [0.25, 0.3) is 10.9 Å². The number of hydrogen-bond donors (Lipinski definition) is 0. The highest BCUT2D eigenvalue weighted by atomic mass is 35.5. The van der Waals surface area contributed by atoms with E-state index in [1.807, 2.05) is 0 Å². The summed E-state index contributed by atoms with van der Waals surface area (Å²) >= 11 is 13.4. The first-order valence-electron chi connectivity index (χ1n) is 10.0. The number of benzene rings is 3. The number of ether oxygens (including phenoxy) is 2. The molecule has 0 saturated heterocycles. The number of nitrogens with zero attached hydrogens (tertiary/aromatic N) is 1. The Hall–Kier alpha value is -2.87. The largest absolute Gasteiger partial charge is 0.487 e. The van der Waals surface area contributed by atoms with Gasteiger partial charge >= 0.3 is 5.97 Å². The van der Waals surface area contributed by atoms with E-state index in [0.29, 0.717) is 10.9 Å². The van der Waals surface area contributed by atoms with E-state index in [2.05, 4.69) is 4.98 Å². The maximum absolute atomic E-state index is 14.3. The summed E-state index contributed by atoms with van der Waals surface area (Å²) in [7, 11) is 1.23. The molecule has 0 unspecified atom stereocenters. The second-order valence-electron chi connectivity index (χ2n) is 7.11. The molecule has 3 aromatic carbocycles. The molecule has 4 rings (SSSR count). The van der Waals surface area contributed by atoms with Gasteiger partial charge in [-0.25, -0.2) is 18.6 Å². The van der Waals surface area contributed by atoms with Gasteiger partial charge in [0.2, 0.25) is 0 Å². The van der Waals surface area contributed by atoms with Crippen LogP contribution in [-0.2, 0) is 17.1 Å². The molecular weight excluding hydrogens is 503 g/mol. The zero-order valence-electron chi connectivity index (χ0n) is 17.8. The predicted octanol–water partition coefficient (Wildman–Crippen LogP) is 7.48. The topological polar surface area (TPSA) is 48.4 Å². The van der Waals surface area contributed by atoms with Crippen LogP contribution in [0.1, 0.15) is 21.5 Å². The minimum atomic E-state index is -0.699. The van der Waals surface area contributed by atoms with Crippen molar-refractivity contribution in [1.82, 2.24) is 4.98 Å². The average molecular weight is 520 g/mol. The fraction of sp³-hybridized carbons (Fsp3) is 0.120. The van der Waals surface area contributed by atoms with Crippen molar-refractivity contribution in [2.24, 2.45) is 0 Å². The number of aromatic nitrogens is 1. The molecule has 0 radical (unpaired) electrons. The van der Waals surface area contributed by atoms with E-state index >= 15 is 0 Å². The minimum Gasteiger partial charge on any atom is -0.487 e. The predicted molar refractivity (Wildman–Crippen MR) is 130 cm³/mol. The third-order valence-electron chi connectivity index (χ3n) is 5.04. The van der Waals surface area contributed by atoms with Crippen molar-refractivity contribution in [2.75, 3.05) is 7.11 Å². The highest BCUT2D eigenvalue weighted by Crippen LogP contribution is 2.38. The Labute approximate surface area is 208 Å². The summed E-state index contributed by atoms with van der Waals surface area (Å²) in [6, 6.07) is 15.8. The summed E-state index contributed by atoms with van der Waals surface area (Å²) in [5, 5.41) is 1.25. The van der Waals surface area contributed by atoms with Crippen LogP contribution in [0.3, 0.4) is 0 Å². The first-order chi connectivity index (χ1) is 16.4. The van der Waals surface area contributed by atoms with Crippen LogP contribution in [0, 0.1) is 11.6 Å². The van der Waals surface area contributed by atoms with Crippen molar-refractivity contribution < 1.29 is 23.0 Å². The van der Waals surface area contributed by atoms with Crippen LogP contribution >= 0.6 is 35.0 Å². The van der Waals surface area contributed by atoms with E-state index in [1.54, 1.807) is 36.4 Å². The number of pyridine rings is 1. The fourth-order valence-electron chi connectivity index (χ4n) is 3.32. The Morgan fingerprint density at radius 2 is 1.59 bits per heavy atom. The van der Waals surface area contributed by atoms with E-state index in [4.69, 9.17) is 32.7 Å². The molecule has 0 aliphatic carbocycles. The van der Waals surface area contributed by atoms with Gasteiger partial charge in [0.15, 0.2) is 0 Å². The van der Waals surface area contributed by atoms with Gasteiger partial charge in [-0.2, -0.15) is 0 Å². The first-order valence-corrected chi connectivity index (χ1v) is 11.8. The highest BCUT2D eigenvalue weighted by Gasteiger charge is 2.25. The zero-order valence-corrected chi connectivity index (χ0v) is 20.1. The van der Waals surface area contributed by atoms with Gasteiger partial charge in [-0.15, -0.1) is 11.8 Å². The quantitative estimate of drug-likeness (QED) is 0.187. The third kappa shape index (κ3) is 4.97. The molecule has 0 spiro atoms. The maximum atomic E-state index is 14.3. The van der Waals surface area contributed by atoms with Crippen LogP contribution < -0.4 is 4.74 Å². The number of halogens is 4. The number of rotatable bonds is 7. The zero-order chi connectivity index (χ0) is 24.2. The lowest BCUT2D eigenvalue weighted by atomic mass is 10.1. The van der Waals surface area contributed by atoms with Gasteiger partial charge in [-0.05, 0) is 36.4 Å². The van der Waals surface area contributed by atoms with Crippen LogP contribution in [0.2, 0.25) is 10.0 Å². The van der Waals surface area contributed by atoms with Crippen LogP contribution in [-0.4, -0.2) is 18.1 Å². The van der Waals surface area contributed by atoms with Gasteiger partial charge in [-0.1, -0.05) is 47.5 Å². The molecule has 4 nitrogen and oxygen atoms in total. The molecule has 0 aliphatic rings. The van der Waals surface area contributed by atoms with Crippen molar-refractivity contribution >= 4 is 51.8 Å². The molecular formula is C25H17Cl2F2NO3S. The molecule has 34 heavy (non-hydrogen) atoms. The number of carbonyl (C=O) groups is 1. The number of esters is 1. The Balaban J connectivity index is 1.80. The number of fused-ring (bicyclic) bond motifs is 1. The molecule has 0 atom stereocenters. The van der Waals surface area contributed by atoms with Crippen molar-refractivity contribution in [2.45, 2.75) is 17.4 Å². The molecule has 0 saturated carbocycles. The number of hydrogen-bond acceptors (Lipinski definition) is 5. The third-order valence-corrected chi connectivity index (χ3v) is 6.75. The van der Waals surface area contributed by atoms with Crippen molar-refractivity contribution in [3.8, 4) is 5.75 Å². The van der Waals surface area contributed by atoms with Crippen LogP contribution in [0.15, 0.2) is 65.7 Å². The monoisotopic (exact) mass is 519 g/mol. The normalized spacial score (nSPS) is 11.0. The van der Waals surface area contributed by atoms with E-state index in [-0.39, 0.29) is 49.9 Å². The smallest absolute Gasteiger partial charge is 0.344 e. The maximum Gasteiger partial charge on any atom is 0.344 e. The van der Waals surface area contributed by atoms with Gasteiger partial charge in [0.1, 0.15) is 34.6 Å². The molecule has 0 fully saturated rings. The summed E-state index contributed by atoms with van der Waals surface area (Å²) in [5.41, 5.74) is 1.01.